The number of halogens is 3. The molecular weight excluding hydrogens is 451 g/mol. The van der Waals surface area contributed by atoms with Gasteiger partial charge in [-0.05, 0) is 29.9 Å². The van der Waals surface area contributed by atoms with Gasteiger partial charge in [0.2, 0.25) is 5.88 Å². The SMILES string of the molecule is CC(C)c1cc(C(F)(F)F)nc(C(C)C)c1NC(=O)NS(=O)(=O)/C(C=N)=C1/NCCCO1. The smallest absolute Gasteiger partial charge is 0.433 e. The van der Waals surface area contributed by atoms with E-state index < -0.39 is 44.7 Å². The van der Waals surface area contributed by atoms with E-state index in [4.69, 9.17) is 10.1 Å². The number of amides is 2. The fourth-order valence-corrected chi connectivity index (χ4v) is 3.91. The van der Waals surface area contributed by atoms with Crippen LogP contribution in [0.1, 0.15) is 62.9 Å². The van der Waals surface area contributed by atoms with E-state index in [1.807, 2.05) is 0 Å². The minimum atomic E-state index is -4.69. The summed E-state index contributed by atoms with van der Waals surface area (Å²) in [6.07, 6.45) is -3.52. The Labute approximate surface area is 184 Å². The van der Waals surface area contributed by atoms with E-state index in [1.54, 1.807) is 32.4 Å². The maximum absolute atomic E-state index is 13.3. The van der Waals surface area contributed by atoms with Crippen LogP contribution in [0.25, 0.3) is 0 Å². The Hall–Kier alpha value is -2.83. The molecule has 0 aromatic carbocycles. The number of alkyl halides is 3. The van der Waals surface area contributed by atoms with Crippen LogP contribution in [0.3, 0.4) is 0 Å². The van der Waals surface area contributed by atoms with Gasteiger partial charge in [0.1, 0.15) is 5.69 Å². The van der Waals surface area contributed by atoms with Crippen molar-refractivity contribution >= 4 is 28.0 Å². The van der Waals surface area contributed by atoms with Crippen molar-refractivity contribution in [3.05, 3.63) is 33.8 Å². The maximum atomic E-state index is 13.3. The van der Waals surface area contributed by atoms with Gasteiger partial charge >= 0.3 is 12.2 Å². The number of nitrogens with one attached hydrogen (secondary N) is 4. The molecule has 0 bridgehead atoms. The van der Waals surface area contributed by atoms with E-state index in [1.165, 1.54) is 0 Å². The van der Waals surface area contributed by atoms with Crippen LogP contribution < -0.4 is 15.4 Å². The van der Waals surface area contributed by atoms with Gasteiger partial charge in [0.15, 0.2) is 4.91 Å². The number of carbonyl (C=O) groups excluding carboxylic acids is 1. The van der Waals surface area contributed by atoms with Crippen molar-refractivity contribution < 1.29 is 31.1 Å². The first-order chi connectivity index (χ1) is 14.8. The molecule has 2 rings (SSSR count). The van der Waals surface area contributed by atoms with Gasteiger partial charge in [-0.1, -0.05) is 27.7 Å². The van der Waals surface area contributed by atoms with Gasteiger partial charge in [-0.2, -0.15) is 13.2 Å². The number of hydrogen-bond donors (Lipinski definition) is 4. The van der Waals surface area contributed by atoms with Crippen LogP contribution in [0.4, 0.5) is 23.7 Å². The number of sulfonamides is 1. The van der Waals surface area contributed by atoms with E-state index in [0.717, 1.165) is 6.07 Å². The number of anilines is 1. The van der Waals surface area contributed by atoms with E-state index >= 15 is 0 Å². The number of carbonyl (C=O) groups is 1. The average molecular weight is 478 g/mol. The molecule has 1 aromatic heterocycles. The second kappa shape index (κ2) is 9.76. The number of aromatic nitrogens is 1. The highest BCUT2D eigenvalue weighted by Gasteiger charge is 2.35. The Morgan fingerprint density at radius 2 is 1.94 bits per heavy atom. The standard InChI is InChI=1S/C19H26F3N5O4S/c1-10(2)12-8-14(19(20,21)22)25-15(11(3)4)16(12)26-18(28)27-32(29,30)13(9-23)17-24-6-5-7-31-17/h8-11,23-24H,5-7H2,1-4H3,(H2,26,27,28)/b17-13-,23-9?. The number of ether oxygens (including phenoxy) is 1. The number of allylic oxidation sites excluding steroid dienone is 1. The molecule has 0 atom stereocenters. The van der Waals surface area contributed by atoms with Crippen LogP contribution >= 0.6 is 0 Å². The van der Waals surface area contributed by atoms with Crippen molar-refractivity contribution in [3.8, 4) is 0 Å². The predicted molar refractivity (Wildman–Crippen MR) is 113 cm³/mol. The van der Waals surface area contributed by atoms with Gasteiger partial charge in [0, 0.05) is 12.8 Å². The molecule has 1 aliphatic heterocycles. The van der Waals surface area contributed by atoms with E-state index in [9.17, 15) is 26.4 Å². The van der Waals surface area contributed by atoms with Crippen LogP contribution in [0, 0.1) is 5.41 Å². The number of rotatable bonds is 6. The van der Waals surface area contributed by atoms with Crippen LogP contribution in [-0.4, -0.2) is 38.8 Å². The summed E-state index contributed by atoms with van der Waals surface area (Å²) in [5.41, 5.74) is -0.961. The average Bonchev–Trinajstić information content (AvgIpc) is 2.67. The molecule has 32 heavy (non-hydrogen) atoms. The van der Waals surface area contributed by atoms with Gasteiger partial charge < -0.3 is 20.8 Å². The normalized spacial score (nSPS) is 16.3. The third-order valence-corrected chi connectivity index (χ3v) is 5.84. The van der Waals surface area contributed by atoms with Gasteiger partial charge in [-0.15, -0.1) is 0 Å². The zero-order valence-corrected chi connectivity index (χ0v) is 18.9. The van der Waals surface area contributed by atoms with Crippen LogP contribution in [0.5, 0.6) is 0 Å². The molecule has 0 aliphatic carbocycles. The lowest BCUT2D eigenvalue weighted by Crippen LogP contribution is -2.38. The van der Waals surface area contributed by atoms with Crippen molar-refractivity contribution in [2.24, 2.45) is 0 Å². The molecule has 1 aliphatic rings. The van der Waals surface area contributed by atoms with E-state index in [0.29, 0.717) is 19.2 Å². The highest BCUT2D eigenvalue weighted by Crippen LogP contribution is 2.37. The first kappa shape index (κ1) is 25.4. The zero-order valence-electron chi connectivity index (χ0n) is 18.1. The Morgan fingerprint density at radius 1 is 1.28 bits per heavy atom. The maximum Gasteiger partial charge on any atom is 0.433 e. The molecule has 2 amide bonds. The minimum absolute atomic E-state index is 0.00629. The van der Waals surface area contributed by atoms with Gasteiger partial charge in [0.05, 0.1) is 18.0 Å². The second-order valence-electron chi connectivity index (χ2n) is 7.69. The zero-order chi connectivity index (χ0) is 24.3. The third-order valence-electron chi connectivity index (χ3n) is 4.50. The van der Waals surface area contributed by atoms with Crippen LogP contribution in [-0.2, 0) is 20.9 Å². The summed E-state index contributed by atoms with van der Waals surface area (Å²) in [6.45, 7) is 7.17. The quantitative estimate of drug-likeness (QED) is 0.463. The summed E-state index contributed by atoms with van der Waals surface area (Å²) in [5, 5.41) is 12.5. The van der Waals surface area contributed by atoms with Crippen molar-refractivity contribution in [3.63, 3.8) is 0 Å². The first-order valence-corrected chi connectivity index (χ1v) is 11.3. The molecule has 0 spiro atoms. The highest BCUT2D eigenvalue weighted by atomic mass is 32.2. The summed E-state index contributed by atoms with van der Waals surface area (Å²) in [7, 11) is -4.50. The number of nitrogens with zero attached hydrogens (tertiary/aromatic N) is 1. The lowest BCUT2D eigenvalue weighted by molar-refractivity contribution is -0.141. The summed E-state index contributed by atoms with van der Waals surface area (Å²) >= 11 is 0. The monoisotopic (exact) mass is 477 g/mol. The van der Waals surface area contributed by atoms with E-state index in [-0.39, 0.29) is 29.4 Å². The number of pyridine rings is 1. The molecule has 1 saturated heterocycles. The van der Waals surface area contributed by atoms with Gasteiger partial charge in [-0.25, -0.2) is 22.9 Å². The predicted octanol–water partition coefficient (Wildman–Crippen LogP) is 3.63. The Balaban J connectivity index is 2.43. The summed E-state index contributed by atoms with van der Waals surface area (Å²) in [4.78, 5) is 15.6. The van der Waals surface area contributed by atoms with Crippen molar-refractivity contribution in [1.82, 2.24) is 15.0 Å². The molecule has 4 N–H and O–H groups in total. The molecule has 1 fully saturated rings. The number of urea groups is 1. The van der Waals surface area contributed by atoms with Crippen LogP contribution in [0.15, 0.2) is 16.9 Å². The lowest BCUT2D eigenvalue weighted by Gasteiger charge is -2.22. The first-order valence-electron chi connectivity index (χ1n) is 9.85. The lowest BCUT2D eigenvalue weighted by atomic mass is 9.96. The second-order valence-corrected chi connectivity index (χ2v) is 9.34. The molecule has 1 aromatic rings. The number of hydrogen-bond acceptors (Lipinski definition) is 7. The Morgan fingerprint density at radius 3 is 2.41 bits per heavy atom. The molecule has 13 heteroatoms. The fourth-order valence-electron chi connectivity index (χ4n) is 2.98. The Bertz CT molecular complexity index is 983. The molecule has 178 valence electrons. The van der Waals surface area contributed by atoms with Gasteiger partial charge in [-0.3, -0.25) is 0 Å². The molecule has 2 heterocycles. The van der Waals surface area contributed by atoms with Crippen molar-refractivity contribution in [1.29, 1.82) is 5.41 Å². The molecule has 0 unspecified atom stereocenters. The minimum Gasteiger partial charge on any atom is -0.478 e. The van der Waals surface area contributed by atoms with Crippen molar-refractivity contribution in [2.75, 3.05) is 18.5 Å². The molecule has 0 saturated carbocycles. The fraction of sp³-hybridized carbons (Fsp3) is 0.526. The summed E-state index contributed by atoms with van der Waals surface area (Å²) in [5.74, 6) is -1.09. The van der Waals surface area contributed by atoms with Crippen LogP contribution in [0.2, 0.25) is 0 Å². The van der Waals surface area contributed by atoms with E-state index in [2.05, 4.69) is 15.6 Å². The van der Waals surface area contributed by atoms with Gasteiger partial charge in [0.25, 0.3) is 10.0 Å². The summed E-state index contributed by atoms with van der Waals surface area (Å²) in [6, 6.07) is -0.364. The third kappa shape index (κ3) is 5.90. The van der Waals surface area contributed by atoms with Crippen molar-refractivity contribution in [2.45, 2.75) is 52.1 Å². The topological polar surface area (TPSA) is 133 Å². The Kier molecular flexibility index (Phi) is 7.75. The largest absolute Gasteiger partial charge is 0.478 e. The molecular formula is C19H26F3N5O4S. The molecule has 0 radical (unpaired) electrons. The summed E-state index contributed by atoms with van der Waals surface area (Å²) < 4.78 is 72.2. The highest BCUT2D eigenvalue weighted by molar-refractivity contribution is 7.94. The molecule has 9 nitrogen and oxygen atoms in total.